The number of halogens is 2. The lowest BCUT2D eigenvalue weighted by Crippen LogP contribution is -2.42. The standard InChI is InChI=1S/C24H36ClN5O.HI/c1-5-26-23(29-16-22-27-15-21(31-22)24(2,3)4)28-14-18-10-12-30(13-11-18)17-19-8-6-7-9-20(19)25;/h6-9,15,18H,5,10-14,16-17H2,1-4H3,(H2,26,28,29);1H. The third-order valence-corrected chi connectivity index (χ3v) is 6.00. The summed E-state index contributed by atoms with van der Waals surface area (Å²) < 4.78 is 5.85. The van der Waals surface area contributed by atoms with Crippen molar-refractivity contribution in [3.05, 3.63) is 52.7 Å². The Morgan fingerprint density at radius 1 is 1.22 bits per heavy atom. The molecule has 1 aliphatic heterocycles. The number of piperidine rings is 1. The number of oxazole rings is 1. The van der Waals surface area contributed by atoms with Gasteiger partial charge in [0.1, 0.15) is 12.3 Å². The Morgan fingerprint density at radius 3 is 2.56 bits per heavy atom. The molecule has 1 aromatic carbocycles. The summed E-state index contributed by atoms with van der Waals surface area (Å²) >= 11 is 6.32. The molecule has 0 unspecified atom stereocenters. The van der Waals surface area contributed by atoms with Gasteiger partial charge >= 0.3 is 0 Å². The maximum absolute atomic E-state index is 6.32. The molecule has 1 aromatic heterocycles. The molecule has 8 heteroatoms. The first-order valence-electron chi connectivity index (χ1n) is 11.3. The molecule has 2 N–H and O–H groups in total. The Labute approximate surface area is 214 Å². The van der Waals surface area contributed by atoms with E-state index in [-0.39, 0.29) is 29.4 Å². The zero-order valence-corrected chi connectivity index (χ0v) is 22.7. The molecule has 1 aliphatic rings. The lowest BCUT2D eigenvalue weighted by atomic mass is 9.94. The van der Waals surface area contributed by atoms with Gasteiger partial charge in [0.2, 0.25) is 5.89 Å². The lowest BCUT2D eigenvalue weighted by Gasteiger charge is -2.32. The van der Waals surface area contributed by atoms with E-state index in [0.29, 0.717) is 18.4 Å². The zero-order valence-electron chi connectivity index (χ0n) is 19.7. The maximum Gasteiger partial charge on any atom is 0.216 e. The fourth-order valence-corrected chi connectivity index (χ4v) is 3.87. The minimum Gasteiger partial charge on any atom is -0.443 e. The molecule has 0 saturated carbocycles. The number of guanidine groups is 1. The van der Waals surface area contributed by atoms with Gasteiger partial charge in [-0.05, 0) is 50.4 Å². The van der Waals surface area contributed by atoms with Crippen LogP contribution in [0.5, 0.6) is 0 Å². The average Bonchev–Trinajstić information content (AvgIpc) is 3.22. The molecule has 3 rings (SSSR count). The molecule has 6 nitrogen and oxygen atoms in total. The smallest absolute Gasteiger partial charge is 0.216 e. The quantitative estimate of drug-likeness (QED) is 0.270. The molecule has 2 heterocycles. The molecule has 0 atom stereocenters. The van der Waals surface area contributed by atoms with E-state index >= 15 is 0 Å². The van der Waals surface area contributed by atoms with Crippen LogP contribution in [0.25, 0.3) is 0 Å². The number of hydrogen-bond acceptors (Lipinski definition) is 4. The number of aromatic nitrogens is 1. The molecule has 2 aromatic rings. The van der Waals surface area contributed by atoms with Gasteiger partial charge < -0.3 is 15.1 Å². The fraction of sp³-hybridized carbons (Fsp3) is 0.583. The molecule has 178 valence electrons. The van der Waals surface area contributed by atoms with Crippen LogP contribution in [0, 0.1) is 5.92 Å². The summed E-state index contributed by atoms with van der Waals surface area (Å²) in [5.41, 5.74) is 1.17. The fourth-order valence-electron chi connectivity index (χ4n) is 3.68. The van der Waals surface area contributed by atoms with E-state index in [1.165, 1.54) is 18.4 Å². The number of nitrogens with zero attached hydrogens (tertiary/aromatic N) is 3. The van der Waals surface area contributed by atoms with Gasteiger partial charge in [-0.25, -0.2) is 9.98 Å². The van der Waals surface area contributed by atoms with Crippen LogP contribution >= 0.6 is 35.6 Å². The van der Waals surface area contributed by atoms with Crippen molar-refractivity contribution >= 4 is 41.5 Å². The van der Waals surface area contributed by atoms with E-state index < -0.39 is 0 Å². The number of likely N-dealkylation sites (tertiary alicyclic amines) is 1. The summed E-state index contributed by atoms with van der Waals surface area (Å²) in [6, 6.07) is 8.13. The van der Waals surface area contributed by atoms with E-state index in [2.05, 4.69) is 65.3 Å². The Bertz CT molecular complexity index is 856. The van der Waals surface area contributed by atoms with Gasteiger partial charge in [0.15, 0.2) is 5.96 Å². The molecule has 1 fully saturated rings. The van der Waals surface area contributed by atoms with Crippen molar-refractivity contribution in [3.8, 4) is 0 Å². The van der Waals surface area contributed by atoms with Gasteiger partial charge in [-0.1, -0.05) is 50.6 Å². The Hall–Kier alpha value is -1.32. The zero-order chi connectivity index (χ0) is 22.3. The minimum atomic E-state index is -0.0432. The van der Waals surface area contributed by atoms with Crippen LogP contribution in [0.15, 0.2) is 39.9 Å². The average molecular weight is 574 g/mol. The Kier molecular flexibility index (Phi) is 10.8. The first-order valence-corrected chi connectivity index (χ1v) is 11.7. The molecule has 0 radical (unpaired) electrons. The summed E-state index contributed by atoms with van der Waals surface area (Å²) in [6.45, 7) is 13.7. The van der Waals surface area contributed by atoms with Crippen molar-refractivity contribution in [2.75, 3.05) is 26.2 Å². The second-order valence-electron chi connectivity index (χ2n) is 9.26. The topological polar surface area (TPSA) is 65.7 Å². The Balaban J connectivity index is 0.00000363. The van der Waals surface area contributed by atoms with Gasteiger partial charge in [0.25, 0.3) is 0 Å². The SMILES string of the molecule is CCNC(=NCc1ncc(C(C)(C)C)o1)NCC1CCN(Cc2ccccc2Cl)CC1.I. The van der Waals surface area contributed by atoms with Crippen molar-refractivity contribution in [2.24, 2.45) is 10.9 Å². The predicted octanol–water partition coefficient (Wildman–Crippen LogP) is 5.21. The summed E-state index contributed by atoms with van der Waals surface area (Å²) in [5, 5.41) is 7.68. The van der Waals surface area contributed by atoms with Crippen molar-refractivity contribution in [1.29, 1.82) is 0 Å². The highest BCUT2D eigenvalue weighted by molar-refractivity contribution is 14.0. The molecular weight excluding hydrogens is 537 g/mol. The summed E-state index contributed by atoms with van der Waals surface area (Å²) in [6.07, 6.45) is 4.15. The number of aliphatic imine (C=N–C) groups is 1. The highest BCUT2D eigenvalue weighted by atomic mass is 127. The lowest BCUT2D eigenvalue weighted by molar-refractivity contribution is 0.178. The highest BCUT2D eigenvalue weighted by Gasteiger charge is 2.21. The van der Waals surface area contributed by atoms with Crippen molar-refractivity contribution in [1.82, 2.24) is 20.5 Å². The summed E-state index contributed by atoms with van der Waals surface area (Å²) in [4.78, 5) is 11.5. The number of rotatable bonds is 7. The third kappa shape index (κ3) is 8.23. The molecule has 0 spiro atoms. The van der Waals surface area contributed by atoms with Crippen LogP contribution in [0.2, 0.25) is 5.02 Å². The number of nitrogens with one attached hydrogen (secondary N) is 2. The normalized spacial score (nSPS) is 16.0. The molecule has 0 bridgehead atoms. The number of hydrogen-bond donors (Lipinski definition) is 2. The van der Waals surface area contributed by atoms with Crippen LogP contribution in [0.4, 0.5) is 0 Å². The molecule has 1 saturated heterocycles. The number of benzene rings is 1. The molecular formula is C24H37ClIN5O. The summed E-state index contributed by atoms with van der Waals surface area (Å²) in [5.74, 6) is 2.99. The van der Waals surface area contributed by atoms with Crippen molar-refractivity contribution in [3.63, 3.8) is 0 Å². The van der Waals surface area contributed by atoms with Gasteiger partial charge in [-0.15, -0.1) is 24.0 Å². The minimum absolute atomic E-state index is 0. The predicted molar refractivity (Wildman–Crippen MR) is 143 cm³/mol. The van der Waals surface area contributed by atoms with Gasteiger partial charge in [-0.3, -0.25) is 4.90 Å². The second kappa shape index (κ2) is 12.8. The van der Waals surface area contributed by atoms with E-state index in [4.69, 9.17) is 16.0 Å². The maximum atomic E-state index is 6.32. The third-order valence-electron chi connectivity index (χ3n) is 5.63. The molecule has 32 heavy (non-hydrogen) atoms. The van der Waals surface area contributed by atoms with Crippen LogP contribution in [-0.4, -0.2) is 42.0 Å². The first-order chi connectivity index (χ1) is 14.8. The molecule has 0 amide bonds. The van der Waals surface area contributed by atoms with E-state index in [0.717, 1.165) is 49.5 Å². The van der Waals surface area contributed by atoms with Crippen molar-refractivity contribution in [2.45, 2.75) is 59.0 Å². The van der Waals surface area contributed by atoms with E-state index in [9.17, 15) is 0 Å². The van der Waals surface area contributed by atoms with Crippen LogP contribution in [0.1, 0.15) is 57.8 Å². The van der Waals surface area contributed by atoms with Crippen LogP contribution in [0.3, 0.4) is 0 Å². The van der Waals surface area contributed by atoms with Crippen LogP contribution < -0.4 is 10.6 Å². The van der Waals surface area contributed by atoms with Gasteiger partial charge in [-0.2, -0.15) is 0 Å². The summed E-state index contributed by atoms with van der Waals surface area (Å²) in [7, 11) is 0. The van der Waals surface area contributed by atoms with E-state index in [1.807, 2.05) is 18.3 Å². The van der Waals surface area contributed by atoms with Gasteiger partial charge in [0, 0.05) is 30.1 Å². The van der Waals surface area contributed by atoms with Gasteiger partial charge in [0.05, 0.1) is 6.20 Å². The first kappa shape index (κ1) is 26.9. The Morgan fingerprint density at radius 2 is 1.94 bits per heavy atom. The van der Waals surface area contributed by atoms with Crippen LogP contribution in [-0.2, 0) is 18.5 Å². The molecule has 0 aliphatic carbocycles. The van der Waals surface area contributed by atoms with E-state index in [1.54, 1.807) is 0 Å². The monoisotopic (exact) mass is 573 g/mol. The van der Waals surface area contributed by atoms with Crippen molar-refractivity contribution < 1.29 is 4.42 Å². The second-order valence-corrected chi connectivity index (χ2v) is 9.66. The largest absolute Gasteiger partial charge is 0.443 e. The highest BCUT2D eigenvalue weighted by Crippen LogP contribution is 2.23.